The van der Waals surface area contributed by atoms with Crippen LogP contribution in [-0.2, 0) is 14.8 Å². The number of nitrogens with one attached hydrogen (secondary N) is 1. The first kappa shape index (κ1) is 16.4. The Morgan fingerprint density at radius 2 is 1.88 bits per heavy atom. The molecule has 0 atom stereocenters. The molecule has 0 saturated carbocycles. The summed E-state index contributed by atoms with van der Waals surface area (Å²) >= 11 is 0. The Kier molecular flexibility index (Phi) is 6.70. The van der Waals surface area contributed by atoms with Crippen molar-refractivity contribution in [2.75, 3.05) is 12.3 Å². The van der Waals surface area contributed by atoms with E-state index in [2.05, 4.69) is 11.6 Å². The van der Waals surface area contributed by atoms with E-state index in [-0.39, 0.29) is 12.0 Å². The van der Waals surface area contributed by atoms with E-state index in [0.29, 0.717) is 0 Å². The predicted molar refractivity (Wildman–Crippen MR) is 67.3 cm³/mol. The highest BCUT2D eigenvalue weighted by molar-refractivity contribution is 7.90. The third-order valence-electron chi connectivity index (χ3n) is 2.54. The van der Waals surface area contributed by atoms with Gasteiger partial charge in [-0.1, -0.05) is 40.0 Å². The Balaban J connectivity index is 4.12. The maximum atomic E-state index is 11.3. The summed E-state index contributed by atoms with van der Waals surface area (Å²) in [6, 6.07) is 0. The molecule has 0 rings (SSSR count). The summed E-state index contributed by atoms with van der Waals surface area (Å²) in [5.74, 6) is -2.20. The van der Waals surface area contributed by atoms with Crippen molar-refractivity contribution < 1.29 is 18.3 Å². The lowest BCUT2D eigenvalue weighted by Gasteiger charge is -2.24. The Bertz CT molecular complexity index is 335. The van der Waals surface area contributed by atoms with Gasteiger partial charge in [-0.25, -0.2) is 13.1 Å². The molecule has 0 unspecified atom stereocenters. The fourth-order valence-corrected chi connectivity index (χ4v) is 2.50. The van der Waals surface area contributed by atoms with E-state index < -0.39 is 21.7 Å². The van der Waals surface area contributed by atoms with E-state index in [4.69, 9.17) is 5.11 Å². The molecule has 0 fully saturated rings. The van der Waals surface area contributed by atoms with Crippen LogP contribution in [0.4, 0.5) is 0 Å². The topological polar surface area (TPSA) is 83.5 Å². The molecular formula is C11H23NO4S. The van der Waals surface area contributed by atoms with Crippen molar-refractivity contribution in [3.63, 3.8) is 0 Å². The van der Waals surface area contributed by atoms with Gasteiger partial charge in [0.15, 0.2) is 5.75 Å². The second-order valence-electron chi connectivity index (χ2n) is 5.10. The van der Waals surface area contributed by atoms with Crippen LogP contribution in [-0.4, -0.2) is 31.8 Å². The van der Waals surface area contributed by atoms with Crippen LogP contribution in [0.3, 0.4) is 0 Å². The molecule has 0 aliphatic heterocycles. The first-order valence-corrected chi connectivity index (χ1v) is 7.53. The zero-order valence-electron chi connectivity index (χ0n) is 10.8. The van der Waals surface area contributed by atoms with Crippen LogP contribution in [0.5, 0.6) is 0 Å². The molecule has 17 heavy (non-hydrogen) atoms. The lowest BCUT2D eigenvalue weighted by molar-refractivity contribution is -0.134. The van der Waals surface area contributed by atoms with Gasteiger partial charge in [0, 0.05) is 6.54 Å². The first-order valence-electron chi connectivity index (χ1n) is 5.88. The Morgan fingerprint density at radius 1 is 1.29 bits per heavy atom. The second-order valence-corrected chi connectivity index (χ2v) is 6.90. The fraction of sp³-hybridized carbons (Fsp3) is 0.909. The van der Waals surface area contributed by atoms with Crippen molar-refractivity contribution >= 4 is 16.0 Å². The minimum atomic E-state index is -3.69. The Hall–Kier alpha value is -0.620. The maximum absolute atomic E-state index is 11.3. The lowest BCUT2D eigenvalue weighted by atomic mass is 9.87. The van der Waals surface area contributed by atoms with Crippen LogP contribution in [0.2, 0.25) is 0 Å². The monoisotopic (exact) mass is 265 g/mol. The summed E-state index contributed by atoms with van der Waals surface area (Å²) in [6.45, 7) is 6.35. The van der Waals surface area contributed by atoms with Crippen LogP contribution >= 0.6 is 0 Å². The van der Waals surface area contributed by atoms with Crippen molar-refractivity contribution in [1.82, 2.24) is 4.72 Å². The van der Waals surface area contributed by atoms with Crippen LogP contribution in [0.1, 0.15) is 46.5 Å². The number of hydrogen-bond donors (Lipinski definition) is 2. The zero-order valence-corrected chi connectivity index (χ0v) is 11.6. The number of carboxylic acid groups (broad SMARTS) is 1. The molecule has 2 N–H and O–H groups in total. The van der Waals surface area contributed by atoms with Gasteiger partial charge in [0.25, 0.3) is 0 Å². The second kappa shape index (κ2) is 6.96. The highest BCUT2D eigenvalue weighted by Crippen LogP contribution is 2.22. The Morgan fingerprint density at radius 3 is 2.35 bits per heavy atom. The molecule has 0 spiro atoms. The standard InChI is InChI=1S/C11H23NO4S/c1-4-5-6-7-11(2,3)9-12-17(15,16)8-10(13)14/h12H,4-9H2,1-3H3,(H,13,14). The molecule has 0 saturated heterocycles. The minimum absolute atomic E-state index is 0.138. The summed E-state index contributed by atoms with van der Waals surface area (Å²) in [5, 5.41) is 8.43. The van der Waals surface area contributed by atoms with Gasteiger partial charge in [0.1, 0.15) is 0 Å². The average molecular weight is 265 g/mol. The fourth-order valence-electron chi connectivity index (χ4n) is 1.46. The number of rotatable bonds is 9. The van der Waals surface area contributed by atoms with Crippen LogP contribution in [0.15, 0.2) is 0 Å². The predicted octanol–water partition coefficient (Wildman–Crippen LogP) is 1.60. The van der Waals surface area contributed by atoms with Gasteiger partial charge in [0.2, 0.25) is 10.0 Å². The van der Waals surface area contributed by atoms with Crippen LogP contribution < -0.4 is 4.72 Å². The maximum Gasteiger partial charge on any atom is 0.320 e. The molecule has 0 aliphatic rings. The molecule has 102 valence electrons. The van der Waals surface area contributed by atoms with Gasteiger partial charge in [-0.15, -0.1) is 0 Å². The number of aliphatic carboxylic acids is 1. The third kappa shape index (κ3) is 9.12. The number of hydrogen-bond acceptors (Lipinski definition) is 3. The molecule has 0 amide bonds. The van der Waals surface area contributed by atoms with E-state index in [1.165, 1.54) is 0 Å². The zero-order chi connectivity index (χ0) is 13.5. The summed E-state index contributed by atoms with van der Waals surface area (Å²) in [6.07, 6.45) is 4.24. The van der Waals surface area contributed by atoms with Crippen LogP contribution in [0.25, 0.3) is 0 Å². The molecular weight excluding hydrogens is 242 g/mol. The molecule has 0 radical (unpaired) electrons. The summed E-state index contributed by atoms with van der Waals surface area (Å²) in [7, 11) is -3.69. The number of unbranched alkanes of at least 4 members (excludes halogenated alkanes) is 2. The van der Waals surface area contributed by atoms with E-state index in [9.17, 15) is 13.2 Å². The van der Waals surface area contributed by atoms with Crippen molar-refractivity contribution in [2.45, 2.75) is 46.5 Å². The number of carbonyl (C=O) groups is 1. The molecule has 0 aromatic heterocycles. The summed E-state index contributed by atoms with van der Waals surface area (Å²) < 4.78 is 25.0. The van der Waals surface area contributed by atoms with Gasteiger partial charge in [0.05, 0.1) is 0 Å². The first-order chi connectivity index (χ1) is 7.68. The lowest BCUT2D eigenvalue weighted by Crippen LogP contribution is -2.37. The minimum Gasteiger partial charge on any atom is -0.480 e. The largest absolute Gasteiger partial charge is 0.480 e. The van der Waals surface area contributed by atoms with Gasteiger partial charge >= 0.3 is 5.97 Å². The summed E-state index contributed by atoms with van der Waals surface area (Å²) in [4.78, 5) is 10.3. The van der Waals surface area contributed by atoms with Crippen molar-refractivity contribution in [2.24, 2.45) is 5.41 Å². The van der Waals surface area contributed by atoms with Crippen molar-refractivity contribution in [1.29, 1.82) is 0 Å². The molecule has 0 heterocycles. The third-order valence-corrected chi connectivity index (χ3v) is 3.75. The van der Waals surface area contributed by atoms with E-state index >= 15 is 0 Å². The molecule has 0 aromatic rings. The highest BCUT2D eigenvalue weighted by Gasteiger charge is 2.22. The van der Waals surface area contributed by atoms with Gasteiger partial charge in [-0.3, -0.25) is 4.79 Å². The quantitative estimate of drug-likeness (QED) is 0.620. The Labute approximate surface area is 104 Å². The van der Waals surface area contributed by atoms with Crippen molar-refractivity contribution in [3.05, 3.63) is 0 Å². The van der Waals surface area contributed by atoms with Crippen molar-refractivity contribution in [3.8, 4) is 0 Å². The molecule has 0 bridgehead atoms. The molecule has 0 aliphatic carbocycles. The summed E-state index contributed by atoms with van der Waals surface area (Å²) in [5.41, 5.74) is -0.138. The average Bonchev–Trinajstić information content (AvgIpc) is 2.14. The SMILES string of the molecule is CCCCCC(C)(C)CNS(=O)(=O)CC(=O)O. The van der Waals surface area contributed by atoms with Gasteiger partial charge in [-0.05, 0) is 11.8 Å². The number of sulfonamides is 1. The van der Waals surface area contributed by atoms with Gasteiger partial charge in [-0.2, -0.15) is 0 Å². The van der Waals surface area contributed by atoms with Gasteiger partial charge < -0.3 is 5.11 Å². The van der Waals surface area contributed by atoms with E-state index in [1.807, 2.05) is 13.8 Å². The molecule has 6 heteroatoms. The number of carboxylic acids is 1. The smallest absolute Gasteiger partial charge is 0.320 e. The highest BCUT2D eigenvalue weighted by atomic mass is 32.2. The normalized spacial score (nSPS) is 12.6. The molecule has 5 nitrogen and oxygen atoms in total. The van der Waals surface area contributed by atoms with E-state index in [0.717, 1.165) is 25.7 Å². The molecule has 0 aromatic carbocycles. The van der Waals surface area contributed by atoms with Crippen LogP contribution in [0, 0.1) is 5.41 Å². The van der Waals surface area contributed by atoms with E-state index in [1.54, 1.807) is 0 Å².